The second-order valence-corrected chi connectivity index (χ2v) is 6.89. The molecule has 6 heteroatoms. The third-order valence-corrected chi connectivity index (χ3v) is 5.81. The van der Waals surface area contributed by atoms with Crippen LogP contribution in [0.1, 0.15) is 47.9 Å². The third kappa shape index (κ3) is 2.48. The van der Waals surface area contributed by atoms with Crippen molar-refractivity contribution >= 4 is 5.91 Å². The molecule has 3 rings (SSSR count). The van der Waals surface area contributed by atoms with Crippen LogP contribution >= 0.6 is 0 Å². The molecule has 0 aromatic carbocycles. The monoisotopic (exact) mass is 321 g/mol. The van der Waals surface area contributed by atoms with E-state index in [0.717, 1.165) is 36.2 Å². The van der Waals surface area contributed by atoms with E-state index in [2.05, 4.69) is 5.10 Å². The van der Waals surface area contributed by atoms with Crippen LogP contribution in [0.3, 0.4) is 0 Å². The molecular weight excluding hydrogens is 294 g/mol. The number of hydrogen-bond acceptors (Lipinski definition) is 4. The lowest BCUT2D eigenvalue weighted by Crippen LogP contribution is -2.62. The first kappa shape index (κ1) is 16.5. The largest absolute Gasteiger partial charge is 0.392 e. The average molecular weight is 321 g/mol. The predicted molar refractivity (Wildman–Crippen MR) is 86.3 cm³/mol. The average Bonchev–Trinajstić information content (AvgIpc) is 2.79. The van der Waals surface area contributed by atoms with Gasteiger partial charge in [0.2, 0.25) is 0 Å². The molecule has 1 aromatic heterocycles. The van der Waals surface area contributed by atoms with Gasteiger partial charge in [-0.3, -0.25) is 9.48 Å². The summed E-state index contributed by atoms with van der Waals surface area (Å²) in [6, 6.07) is 0. The van der Waals surface area contributed by atoms with E-state index in [1.54, 1.807) is 4.68 Å². The SMILES string of the molecule is CCO[C@@H]1C[C@H](O)C12CCN(C(=O)c1c(C)nn(C)c1C)CC2. The van der Waals surface area contributed by atoms with Gasteiger partial charge in [0.25, 0.3) is 5.91 Å². The molecular formula is C17H27N3O3. The van der Waals surface area contributed by atoms with E-state index in [0.29, 0.717) is 19.7 Å². The first-order valence-electron chi connectivity index (χ1n) is 8.50. The number of nitrogens with zero attached hydrogens (tertiary/aromatic N) is 3. The van der Waals surface area contributed by atoms with Gasteiger partial charge in [0, 0.05) is 44.3 Å². The summed E-state index contributed by atoms with van der Waals surface area (Å²) in [4.78, 5) is 14.7. The molecule has 6 nitrogen and oxygen atoms in total. The molecule has 1 saturated heterocycles. The minimum Gasteiger partial charge on any atom is -0.392 e. The number of aryl methyl sites for hydroxylation is 2. The second kappa shape index (κ2) is 5.91. The zero-order valence-corrected chi connectivity index (χ0v) is 14.5. The highest BCUT2D eigenvalue weighted by Gasteiger charge is 2.56. The van der Waals surface area contributed by atoms with E-state index in [-0.39, 0.29) is 23.5 Å². The second-order valence-electron chi connectivity index (χ2n) is 6.89. The topological polar surface area (TPSA) is 67.6 Å². The smallest absolute Gasteiger partial charge is 0.257 e. The number of piperidine rings is 1. The third-order valence-electron chi connectivity index (χ3n) is 5.81. The van der Waals surface area contributed by atoms with Gasteiger partial charge in [-0.25, -0.2) is 0 Å². The fraction of sp³-hybridized carbons (Fsp3) is 0.765. The van der Waals surface area contributed by atoms with Crippen molar-refractivity contribution < 1.29 is 14.6 Å². The first-order valence-corrected chi connectivity index (χ1v) is 8.50. The Kier molecular flexibility index (Phi) is 4.23. The molecule has 1 aromatic rings. The molecule has 1 spiro atoms. The molecule has 0 radical (unpaired) electrons. The number of aliphatic hydroxyl groups excluding tert-OH is 1. The van der Waals surface area contributed by atoms with Crippen LogP contribution in [0.2, 0.25) is 0 Å². The molecule has 1 saturated carbocycles. The molecule has 23 heavy (non-hydrogen) atoms. The van der Waals surface area contributed by atoms with Crippen molar-refractivity contribution in [3.8, 4) is 0 Å². The van der Waals surface area contributed by atoms with Crippen LogP contribution in [0.5, 0.6) is 0 Å². The fourth-order valence-electron chi connectivity index (χ4n) is 4.18. The maximum Gasteiger partial charge on any atom is 0.257 e. The quantitative estimate of drug-likeness (QED) is 0.914. The minimum absolute atomic E-state index is 0.0599. The van der Waals surface area contributed by atoms with Gasteiger partial charge in [0.1, 0.15) is 0 Å². The van der Waals surface area contributed by atoms with Crippen molar-refractivity contribution in [1.29, 1.82) is 0 Å². The van der Waals surface area contributed by atoms with E-state index < -0.39 is 0 Å². The van der Waals surface area contributed by atoms with Crippen LogP contribution in [0.25, 0.3) is 0 Å². The molecule has 1 aliphatic carbocycles. The minimum atomic E-state index is -0.293. The van der Waals surface area contributed by atoms with Crippen LogP contribution in [0.4, 0.5) is 0 Å². The summed E-state index contributed by atoms with van der Waals surface area (Å²) >= 11 is 0. The Labute approximate surface area is 137 Å². The Bertz CT molecular complexity index is 600. The normalized spacial score (nSPS) is 26.4. The van der Waals surface area contributed by atoms with Crippen molar-refractivity contribution in [2.75, 3.05) is 19.7 Å². The van der Waals surface area contributed by atoms with Crippen LogP contribution in [0, 0.1) is 19.3 Å². The van der Waals surface area contributed by atoms with E-state index >= 15 is 0 Å². The molecule has 2 atom stereocenters. The van der Waals surface area contributed by atoms with E-state index in [9.17, 15) is 9.90 Å². The van der Waals surface area contributed by atoms with Crippen LogP contribution in [-0.4, -0.2) is 57.6 Å². The Balaban J connectivity index is 1.70. The first-order chi connectivity index (χ1) is 10.9. The number of aliphatic hydroxyl groups is 1. The van der Waals surface area contributed by atoms with Gasteiger partial charge in [-0.1, -0.05) is 0 Å². The van der Waals surface area contributed by atoms with Gasteiger partial charge in [-0.2, -0.15) is 5.10 Å². The summed E-state index contributed by atoms with van der Waals surface area (Å²) in [5.74, 6) is 0.0599. The lowest BCUT2D eigenvalue weighted by Gasteiger charge is -2.56. The summed E-state index contributed by atoms with van der Waals surface area (Å²) in [5, 5.41) is 14.6. The molecule has 2 aliphatic rings. The number of hydrogen-bond donors (Lipinski definition) is 1. The lowest BCUT2D eigenvalue weighted by molar-refractivity contribution is -0.207. The fourth-order valence-corrected chi connectivity index (χ4v) is 4.18. The van der Waals surface area contributed by atoms with E-state index in [4.69, 9.17) is 4.74 Å². The zero-order chi connectivity index (χ0) is 16.8. The number of ether oxygens (including phenoxy) is 1. The number of carbonyl (C=O) groups excluding carboxylic acids is 1. The Morgan fingerprint density at radius 2 is 2.04 bits per heavy atom. The van der Waals surface area contributed by atoms with Crippen molar-refractivity contribution in [3.05, 3.63) is 17.0 Å². The summed E-state index contributed by atoms with van der Waals surface area (Å²) in [5.41, 5.74) is 2.26. The molecule has 0 unspecified atom stereocenters. The van der Waals surface area contributed by atoms with Crippen LogP contribution in [0.15, 0.2) is 0 Å². The van der Waals surface area contributed by atoms with Crippen molar-refractivity contribution in [2.24, 2.45) is 12.5 Å². The predicted octanol–water partition coefficient (Wildman–Crippen LogP) is 1.43. The van der Waals surface area contributed by atoms with Gasteiger partial charge in [-0.05, 0) is 33.6 Å². The van der Waals surface area contributed by atoms with Gasteiger partial charge < -0.3 is 14.7 Å². The van der Waals surface area contributed by atoms with Crippen molar-refractivity contribution in [1.82, 2.24) is 14.7 Å². The zero-order valence-electron chi connectivity index (χ0n) is 14.5. The molecule has 1 amide bonds. The van der Waals surface area contributed by atoms with Crippen LogP contribution in [-0.2, 0) is 11.8 Å². The molecule has 1 N–H and O–H groups in total. The number of aromatic nitrogens is 2. The maximum atomic E-state index is 12.8. The highest BCUT2D eigenvalue weighted by molar-refractivity contribution is 5.96. The lowest BCUT2D eigenvalue weighted by atomic mass is 9.58. The highest BCUT2D eigenvalue weighted by atomic mass is 16.5. The Morgan fingerprint density at radius 3 is 2.52 bits per heavy atom. The summed E-state index contributed by atoms with van der Waals surface area (Å²) in [7, 11) is 1.86. The summed E-state index contributed by atoms with van der Waals surface area (Å²) in [6.45, 7) is 7.83. The van der Waals surface area contributed by atoms with Crippen molar-refractivity contribution in [2.45, 2.75) is 52.2 Å². The molecule has 1 aliphatic heterocycles. The van der Waals surface area contributed by atoms with E-state index in [1.165, 1.54) is 0 Å². The van der Waals surface area contributed by atoms with Gasteiger partial charge in [-0.15, -0.1) is 0 Å². The Morgan fingerprint density at radius 1 is 1.39 bits per heavy atom. The molecule has 0 bridgehead atoms. The van der Waals surface area contributed by atoms with Gasteiger partial charge >= 0.3 is 0 Å². The van der Waals surface area contributed by atoms with Gasteiger partial charge in [0.05, 0.1) is 23.5 Å². The van der Waals surface area contributed by atoms with E-state index in [1.807, 2.05) is 32.7 Å². The number of likely N-dealkylation sites (tertiary alicyclic amines) is 1. The van der Waals surface area contributed by atoms with Crippen LogP contribution < -0.4 is 0 Å². The van der Waals surface area contributed by atoms with Crippen molar-refractivity contribution in [3.63, 3.8) is 0 Å². The molecule has 128 valence electrons. The number of carbonyl (C=O) groups is 1. The summed E-state index contributed by atoms with van der Waals surface area (Å²) < 4.78 is 7.55. The number of amides is 1. The molecule has 2 fully saturated rings. The summed E-state index contributed by atoms with van der Waals surface area (Å²) in [6.07, 6.45) is 2.19. The van der Waals surface area contributed by atoms with Gasteiger partial charge in [0.15, 0.2) is 0 Å². The standard InChI is InChI=1S/C17H27N3O3/c1-5-23-14-10-13(21)17(14)6-8-20(9-7-17)16(22)15-11(2)18-19(4)12(15)3/h13-14,21H,5-10H2,1-4H3/t13-,14+/m0/s1. The molecule has 2 heterocycles. The maximum absolute atomic E-state index is 12.8. The number of rotatable bonds is 3. The Hall–Kier alpha value is -1.40. The highest BCUT2D eigenvalue weighted by Crippen LogP contribution is 2.51.